The molecule has 1 heterocycles. The Morgan fingerprint density at radius 2 is 1.85 bits per heavy atom. The molecule has 0 saturated carbocycles. The molecular formula is C15H28N2O3. The van der Waals surface area contributed by atoms with Crippen molar-refractivity contribution >= 4 is 11.9 Å². The highest BCUT2D eigenvalue weighted by Gasteiger charge is 2.35. The zero-order chi connectivity index (χ0) is 15.3. The van der Waals surface area contributed by atoms with Crippen LogP contribution in [-0.2, 0) is 14.3 Å². The smallest absolute Gasteiger partial charge is 0.305 e. The molecule has 20 heavy (non-hydrogen) atoms. The van der Waals surface area contributed by atoms with Gasteiger partial charge in [0.25, 0.3) is 0 Å². The highest BCUT2D eigenvalue weighted by molar-refractivity contribution is 5.81. The van der Waals surface area contributed by atoms with Gasteiger partial charge in [0.2, 0.25) is 5.91 Å². The normalized spacial score (nSPS) is 24.4. The monoisotopic (exact) mass is 284 g/mol. The molecule has 0 aliphatic carbocycles. The van der Waals surface area contributed by atoms with Gasteiger partial charge in [0.05, 0.1) is 13.2 Å². The summed E-state index contributed by atoms with van der Waals surface area (Å²) >= 11 is 0. The third kappa shape index (κ3) is 4.20. The van der Waals surface area contributed by atoms with E-state index in [1.165, 1.54) is 7.11 Å². The fourth-order valence-corrected chi connectivity index (χ4v) is 3.10. The number of carbonyl (C=O) groups is 2. The van der Waals surface area contributed by atoms with E-state index in [0.717, 1.165) is 12.8 Å². The van der Waals surface area contributed by atoms with Gasteiger partial charge in [-0.25, -0.2) is 0 Å². The minimum atomic E-state index is -0.222. The van der Waals surface area contributed by atoms with Crippen LogP contribution in [0.25, 0.3) is 0 Å². The van der Waals surface area contributed by atoms with Gasteiger partial charge in [0, 0.05) is 32.1 Å². The summed E-state index contributed by atoms with van der Waals surface area (Å²) in [6, 6.07) is 0.838. The topological polar surface area (TPSA) is 49.9 Å². The van der Waals surface area contributed by atoms with Crippen LogP contribution in [0.15, 0.2) is 0 Å². The first kappa shape index (κ1) is 17.0. The molecular weight excluding hydrogens is 256 g/mol. The molecule has 0 aromatic carbocycles. The first-order valence-electron chi connectivity index (χ1n) is 7.47. The number of likely N-dealkylation sites (N-methyl/N-ethyl adjacent to an activating group) is 1. The molecule has 1 fully saturated rings. The standard InChI is InChI=1S/C15H28N2O3/c1-11-8-9-12(2)17(11)13(3)15(19)16(4)10-6-7-14(18)20-5/h11-13H,6-10H2,1-5H3. The molecule has 3 unspecified atom stereocenters. The van der Waals surface area contributed by atoms with Gasteiger partial charge in [-0.05, 0) is 40.0 Å². The van der Waals surface area contributed by atoms with Gasteiger partial charge in [-0.3, -0.25) is 14.5 Å². The van der Waals surface area contributed by atoms with E-state index < -0.39 is 0 Å². The summed E-state index contributed by atoms with van der Waals surface area (Å²) < 4.78 is 4.60. The second kappa shape index (κ2) is 7.62. The Morgan fingerprint density at radius 1 is 1.30 bits per heavy atom. The molecule has 1 rings (SSSR count). The average molecular weight is 284 g/mol. The van der Waals surface area contributed by atoms with E-state index in [9.17, 15) is 9.59 Å². The van der Waals surface area contributed by atoms with E-state index >= 15 is 0 Å². The molecule has 5 heteroatoms. The van der Waals surface area contributed by atoms with E-state index in [1.807, 2.05) is 14.0 Å². The van der Waals surface area contributed by atoms with Crippen molar-refractivity contribution in [3.8, 4) is 0 Å². The lowest BCUT2D eigenvalue weighted by molar-refractivity contribution is -0.141. The molecule has 116 valence electrons. The van der Waals surface area contributed by atoms with Crippen molar-refractivity contribution in [2.24, 2.45) is 0 Å². The summed E-state index contributed by atoms with van der Waals surface area (Å²) in [5.74, 6) is -0.0869. The van der Waals surface area contributed by atoms with Crippen molar-refractivity contribution in [1.29, 1.82) is 0 Å². The molecule has 1 aliphatic rings. The van der Waals surface area contributed by atoms with Crippen molar-refractivity contribution in [3.63, 3.8) is 0 Å². The number of hydrogen-bond acceptors (Lipinski definition) is 4. The average Bonchev–Trinajstić information content (AvgIpc) is 2.76. The third-order valence-electron chi connectivity index (χ3n) is 4.30. The zero-order valence-electron chi connectivity index (χ0n) is 13.4. The van der Waals surface area contributed by atoms with Crippen LogP contribution in [0.2, 0.25) is 0 Å². The predicted molar refractivity (Wildman–Crippen MR) is 78.3 cm³/mol. The number of hydrogen-bond donors (Lipinski definition) is 0. The summed E-state index contributed by atoms with van der Waals surface area (Å²) in [6.45, 7) is 6.95. The van der Waals surface area contributed by atoms with Gasteiger partial charge in [-0.15, -0.1) is 0 Å². The van der Waals surface area contributed by atoms with Crippen molar-refractivity contribution in [1.82, 2.24) is 9.80 Å². The van der Waals surface area contributed by atoms with E-state index in [-0.39, 0.29) is 17.9 Å². The minimum Gasteiger partial charge on any atom is -0.469 e. The number of carbonyl (C=O) groups excluding carboxylic acids is 2. The van der Waals surface area contributed by atoms with Crippen LogP contribution in [0.1, 0.15) is 46.5 Å². The summed E-state index contributed by atoms with van der Waals surface area (Å²) in [5.41, 5.74) is 0. The van der Waals surface area contributed by atoms with Crippen LogP contribution in [-0.4, -0.2) is 60.5 Å². The summed E-state index contributed by atoms with van der Waals surface area (Å²) in [7, 11) is 3.19. The zero-order valence-corrected chi connectivity index (χ0v) is 13.4. The maximum Gasteiger partial charge on any atom is 0.305 e. The number of esters is 1. The van der Waals surface area contributed by atoms with E-state index in [1.54, 1.807) is 4.90 Å². The van der Waals surface area contributed by atoms with E-state index in [2.05, 4.69) is 23.5 Å². The minimum absolute atomic E-state index is 0.0920. The lowest BCUT2D eigenvalue weighted by atomic mass is 10.2. The lowest BCUT2D eigenvalue weighted by Gasteiger charge is -2.34. The summed E-state index contributed by atoms with van der Waals surface area (Å²) in [6.07, 6.45) is 3.32. The Labute approximate surface area is 122 Å². The Bertz CT molecular complexity index is 336. The summed E-state index contributed by atoms with van der Waals surface area (Å²) in [5, 5.41) is 0. The molecule has 1 aliphatic heterocycles. The molecule has 0 bridgehead atoms. The first-order valence-corrected chi connectivity index (χ1v) is 7.47. The van der Waals surface area contributed by atoms with Gasteiger partial charge < -0.3 is 9.64 Å². The van der Waals surface area contributed by atoms with Crippen LogP contribution in [0.5, 0.6) is 0 Å². The SMILES string of the molecule is COC(=O)CCCN(C)C(=O)C(C)N1C(C)CCC1C. The predicted octanol–water partition coefficient (Wildman–Crippen LogP) is 1.66. The summed E-state index contributed by atoms with van der Waals surface area (Å²) in [4.78, 5) is 27.5. The molecule has 0 aromatic heterocycles. The third-order valence-corrected chi connectivity index (χ3v) is 4.30. The Morgan fingerprint density at radius 3 is 2.35 bits per heavy atom. The van der Waals surface area contributed by atoms with Gasteiger partial charge in [0.15, 0.2) is 0 Å². The molecule has 5 nitrogen and oxygen atoms in total. The molecule has 0 spiro atoms. The Kier molecular flexibility index (Phi) is 6.46. The van der Waals surface area contributed by atoms with Gasteiger partial charge >= 0.3 is 5.97 Å². The number of rotatable bonds is 6. The maximum atomic E-state index is 12.4. The van der Waals surface area contributed by atoms with Crippen LogP contribution < -0.4 is 0 Å². The van der Waals surface area contributed by atoms with Crippen molar-refractivity contribution < 1.29 is 14.3 Å². The van der Waals surface area contributed by atoms with Gasteiger partial charge in [-0.1, -0.05) is 0 Å². The van der Waals surface area contributed by atoms with Crippen LogP contribution in [0.4, 0.5) is 0 Å². The highest BCUT2D eigenvalue weighted by Crippen LogP contribution is 2.26. The molecule has 1 saturated heterocycles. The largest absolute Gasteiger partial charge is 0.469 e. The number of nitrogens with zero attached hydrogens (tertiary/aromatic N) is 2. The van der Waals surface area contributed by atoms with Crippen molar-refractivity contribution in [3.05, 3.63) is 0 Å². The quantitative estimate of drug-likeness (QED) is 0.696. The lowest BCUT2D eigenvalue weighted by Crippen LogP contribution is -2.49. The molecule has 0 aromatic rings. The van der Waals surface area contributed by atoms with E-state index in [4.69, 9.17) is 0 Å². The maximum absolute atomic E-state index is 12.4. The number of methoxy groups -OCH3 is 1. The molecule has 1 amide bonds. The van der Waals surface area contributed by atoms with Crippen LogP contribution >= 0.6 is 0 Å². The first-order chi connectivity index (χ1) is 9.38. The second-order valence-corrected chi connectivity index (χ2v) is 5.84. The number of ether oxygens (including phenoxy) is 1. The van der Waals surface area contributed by atoms with Crippen LogP contribution in [0, 0.1) is 0 Å². The van der Waals surface area contributed by atoms with Crippen molar-refractivity contribution in [2.45, 2.75) is 64.6 Å². The molecule has 3 atom stereocenters. The molecule has 0 radical (unpaired) electrons. The Hall–Kier alpha value is -1.10. The fraction of sp³-hybridized carbons (Fsp3) is 0.867. The van der Waals surface area contributed by atoms with Crippen molar-refractivity contribution in [2.75, 3.05) is 20.7 Å². The van der Waals surface area contributed by atoms with Gasteiger partial charge in [-0.2, -0.15) is 0 Å². The Balaban J connectivity index is 2.45. The van der Waals surface area contributed by atoms with Crippen LogP contribution in [0.3, 0.4) is 0 Å². The number of likely N-dealkylation sites (tertiary alicyclic amines) is 1. The molecule has 0 N–H and O–H groups in total. The highest BCUT2D eigenvalue weighted by atomic mass is 16.5. The fourth-order valence-electron chi connectivity index (χ4n) is 3.10. The van der Waals surface area contributed by atoms with E-state index in [0.29, 0.717) is 31.5 Å². The second-order valence-electron chi connectivity index (χ2n) is 5.84. The number of amides is 1. The van der Waals surface area contributed by atoms with Gasteiger partial charge in [0.1, 0.15) is 0 Å².